The molecular formula is C20H26F3N3O. The normalized spacial score (nSPS) is 12.9. The molecule has 0 bridgehead atoms. The summed E-state index contributed by atoms with van der Waals surface area (Å²) in [5.74, 6) is 0.201. The van der Waals surface area contributed by atoms with Gasteiger partial charge in [-0.2, -0.15) is 18.2 Å². The maximum absolute atomic E-state index is 13.5. The van der Waals surface area contributed by atoms with Gasteiger partial charge >= 0.3 is 12.2 Å². The first-order valence-corrected chi connectivity index (χ1v) is 9.04. The number of rotatable bonds is 7. The Hall–Kier alpha value is -2.31. The molecule has 0 aliphatic heterocycles. The van der Waals surface area contributed by atoms with Crippen LogP contribution < -0.4 is 9.64 Å². The van der Waals surface area contributed by atoms with Crippen LogP contribution in [0.3, 0.4) is 0 Å². The minimum absolute atomic E-state index is 0.0560. The summed E-state index contributed by atoms with van der Waals surface area (Å²) in [6.45, 7) is 8.32. The second-order valence-electron chi connectivity index (χ2n) is 7.02. The van der Waals surface area contributed by atoms with Crippen molar-refractivity contribution < 1.29 is 17.9 Å². The second kappa shape index (κ2) is 8.59. The lowest BCUT2D eigenvalue weighted by Gasteiger charge is -2.26. The molecule has 0 aliphatic rings. The van der Waals surface area contributed by atoms with Gasteiger partial charge < -0.3 is 9.64 Å². The average Bonchev–Trinajstić information content (AvgIpc) is 2.64. The molecule has 1 aromatic heterocycles. The van der Waals surface area contributed by atoms with Crippen molar-refractivity contribution >= 4 is 11.5 Å². The number of halogens is 3. The highest BCUT2D eigenvalue weighted by atomic mass is 19.4. The van der Waals surface area contributed by atoms with E-state index >= 15 is 0 Å². The van der Waals surface area contributed by atoms with E-state index in [2.05, 4.69) is 16.9 Å². The zero-order valence-electron chi connectivity index (χ0n) is 16.3. The van der Waals surface area contributed by atoms with Gasteiger partial charge in [-0.3, -0.25) is 0 Å². The van der Waals surface area contributed by atoms with Crippen LogP contribution in [0.5, 0.6) is 6.01 Å². The first-order valence-electron chi connectivity index (χ1n) is 9.04. The first-order chi connectivity index (χ1) is 12.6. The topological polar surface area (TPSA) is 38.2 Å². The molecule has 0 saturated carbocycles. The number of ether oxygens (including phenoxy) is 1. The molecule has 0 aliphatic carbocycles. The fraction of sp³-hybridized carbons (Fsp3) is 0.500. The molecule has 4 nitrogen and oxygen atoms in total. The summed E-state index contributed by atoms with van der Waals surface area (Å²) >= 11 is 0. The molecule has 0 radical (unpaired) electrons. The smallest absolute Gasteiger partial charge is 0.421 e. The molecule has 0 spiro atoms. The fourth-order valence-corrected chi connectivity index (χ4v) is 2.67. The van der Waals surface area contributed by atoms with Gasteiger partial charge in [0.25, 0.3) is 0 Å². The van der Waals surface area contributed by atoms with E-state index in [1.807, 2.05) is 39.0 Å². The average molecular weight is 381 g/mol. The Morgan fingerprint density at radius 3 is 2.41 bits per heavy atom. The highest BCUT2D eigenvalue weighted by Crippen LogP contribution is 2.39. The summed E-state index contributed by atoms with van der Waals surface area (Å²) in [6, 6.07) is 7.38. The fourth-order valence-electron chi connectivity index (χ4n) is 2.67. The summed E-state index contributed by atoms with van der Waals surface area (Å²) in [7, 11) is 1.59. The van der Waals surface area contributed by atoms with Gasteiger partial charge in [0.1, 0.15) is 5.56 Å². The van der Waals surface area contributed by atoms with Crippen LogP contribution in [-0.4, -0.2) is 23.6 Å². The van der Waals surface area contributed by atoms with Gasteiger partial charge in [0.15, 0.2) is 5.82 Å². The molecule has 7 heteroatoms. The van der Waals surface area contributed by atoms with Crippen LogP contribution in [0.25, 0.3) is 0 Å². The minimum Gasteiger partial charge on any atom is -0.463 e. The lowest BCUT2D eigenvalue weighted by molar-refractivity contribution is -0.137. The second-order valence-corrected chi connectivity index (χ2v) is 7.02. The molecule has 1 heterocycles. The quantitative estimate of drug-likeness (QED) is 0.606. The van der Waals surface area contributed by atoms with Crippen molar-refractivity contribution in [2.75, 3.05) is 18.6 Å². The van der Waals surface area contributed by atoms with Crippen LogP contribution in [0.4, 0.5) is 24.7 Å². The van der Waals surface area contributed by atoms with Gasteiger partial charge in [0.05, 0.1) is 6.61 Å². The predicted octanol–water partition coefficient (Wildman–Crippen LogP) is 5.81. The van der Waals surface area contributed by atoms with Crippen molar-refractivity contribution in [1.29, 1.82) is 0 Å². The van der Waals surface area contributed by atoms with Gasteiger partial charge in [0, 0.05) is 18.9 Å². The highest BCUT2D eigenvalue weighted by Gasteiger charge is 2.37. The van der Waals surface area contributed by atoms with Crippen LogP contribution in [0, 0.1) is 5.92 Å². The van der Waals surface area contributed by atoms with Crippen molar-refractivity contribution in [1.82, 2.24) is 9.97 Å². The molecule has 0 fully saturated rings. The van der Waals surface area contributed by atoms with Crippen LogP contribution in [0.1, 0.15) is 51.2 Å². The monoisotopic (exact) mass is 381 g/mol. The minimum atomic E-state index is -4.56. The van der Waals surface area contributed by atoms with Gasteiger partial charge in [-0.1, -0.05) is 45.9 Å². The number of aromatic nitrogens is 2. The number of alkyl halides is 3. The number of nitrogens with zero attached hydrogens (tertiary/aromatic N) is 3. The number of hydrogen-bond acceptors (Lipinski definition) is 4. The van der Waals surface area contributed by atoms with E-state index in [1.54, 1.807) is 13.1 Å². The van der Waals surface area contributed by atoms with E-state index in [4.69, 9.17) is 4.74 Å². The molecule has 148 valence electrons. The Kier molecular flexibility index (Phi) is 6.68. The molecule has 0 N–H and O–H groups in total. The molecule has 0 saturated heterocycles. The Morgan fingerprint density at radius 1 is 1.15 bits per heavy atom. The van der Waals surface area contributed by atoms with Crippen LogP contribution in [0.2, 0.25) is 0 Å². The molecule has 2 aromatic rings. The Balaban J connectivity index is 2.53. The third-order valence-corrected chi connectivity index (χ3v) is 4.36. The molecular weight excluding hydrogens is 355 g/mol. The number of anilines is 2. The number of hydrogen-bond donors (Lipinski definition) is 0. The van der Waals surface area contributed by atoms with Crippen LogP contribution >= 0.6 is 0 Å². The standard InChI is InChI=1S/C20H26F3N3O/c1-6-14(4)15-9-7-8-10-17(15)26(5)18-16(20(21,22)23)11-24-19(25-18)27-12-13(2)3/h7-11,13-14H,6,12H2,1-5H3. The molecule has 27 heavy (non-hydrogen) atoms. The highest BCUT2D eigenvalue weighted by molar-refractivity contribution is 5.66. The zero-order chi connectivity index (χ0) is 20.2. The van der Waals surface area contributed by atoms with Crippen LogP contribution in [0.15, 0.2) is 30.5 Å². The van der Waals surface area contributed by atoms with Crippen molar-refractivity contribution in [3.05, 3.63) is 41.6 Å². The van der Waals surface area contributed by atoms with Gasteiger partial charge in [-0.05, 0) is 29.9 Å². The van der Waals surface area contributed by atoms with Crippen molar-refractivity contribution in [3.63, 3.8) is 0 Å². The number of benzene rings is 1. The van der Waals surface area contributed by atoms with E-state index in [1.165, 1.54) is 4.90 Å². The Morgan fingerprint density at radius 2 is 1.81 bits per heavy atom. The van der Waals surface area contributed by atoms with E-state index < -0.39 is 11.7 Å². The molecule has 2 rings (SSSR count). The predicted molar refractivity (Wildman–Crippen MR) is 101 cm³/mol. The summed E-state index contributed by atoms with van der Waals surface area (Å²) < 4.78 is 46.1. The molecule has 1 atom stereocenters. The van der Waals surface area contributed by atoms with E-state index in [-0.39, 0.29) is 23.7 Å². The van der Waals surface area contributed by atoms with E-state index in [9.17, 15) is 13.2 Å². The largest absolute Gasteiger partial charge is 0.463 e. The van der Waals surface area contributed by atoms with Crippen molar-refractivity contribution in [2.45, 2.75) is 46.2 Å². The summed E-state index contributed by atoms with van der Waals surface area (Å²) in [5.41, 5.74) is 0.769. The van der Waals surface area contributed by atoms with Gasteiger partial charge in [0.2, 0.25) is 0 Å². The molecule has 1 aromatic carbocycles. The zero-order valence-corrected chi connectivity index (χ0v) is 16.3. The lowest BCUT2D eigenvalue weighted by Crippen LogP contribution is -2.21. The third kappa shape index (κ3) is 5.11. The van der Waals surface area contributed by atoms with Crippen molar-refractivity contribution in [2.24, 2.45) is 5.92 Å². The SMILES string of the molecule is CCC(C)c1ccccc1N(C)c1nc(OCC(C)C)ncc1C(F)(F)F. The van der Waals surface area contributed by atoms with Crippen molar-refractivity contribution in [3.8, 4) is 6.01 Å². The summed E-state index contributed by atoms with van der Waals surface area (Å²) in [6.07, 6.45) is -2.89. The Labute approximate surface area is 158 Å². The van der Waals surface area contributed by atoms with E-state index in [0.717, 1.165) is 18.2 Å². The van der Waals surface area contributed by atoms with Gasteiger partial charge in [-0.25, -0.2) is 4.98 Å². The molecule has 0 amide bonds. The van der Waals surface area contributed by atoms with Gasteiger partial charge in [-0.15, -0.1) is 0 Å². The first kappa shape index (κ1) is 21.0. The molecule has 1 unspecified atom stereocenters. The van der Waals surface area contributed by atoms with Crippen LogP contribution in [-0.2, 0) is 6.18 Å². The summed E-state index contributed by atoms with van der Waals surface area (Å²) in [5, 5.41) is 0. The Bertz CT molecular complexity index is 762. The van der Waals surface area contributed by atoms with E-state index in [0.29, 0.717) is 12.3 Å². The summed E-state index contributed by atoms with van der Waals surface area (Å²) in [4.78, 5) is 9.30. The maximum atomic E-state index is 13.5. The lowest BCUT2D eigenvalue weighted by atomic mass is 9.96. The maximum Gasteiger partial charge on any atom is 0.421 e. The number of para-hydroxylation sites is 1. The third-order valence-electron chi connectivity index (χ3n) is 4.36.